The smallest absolute Gasteiger partial charge is 0.224 e. The second-order valence-electron chi connectivity index (χ2n) is 5.58. The summed E-state index contributed by atoms with van der Waals surface area (Å²) in [5.41, 5.74) is 3.33. The Bertz CT molecular complexity index is 614. The van der Waals surface area contributed by atoms with Crippen LogP contribution in [0.4, 0.5) is 5.69 Å². The van der Waals surface area contributed by atoms with E-state index in [2.05, 4.69) is 35.3 Å². The molecule has 2 aromatic rings. The van der Waals surface area contributed by atoms with Gasteiger partial charge in [-0.1, -0.05) is 31.2 Å². The van der Waals surface area contributed by atoms with E-state index in [4.69, 9.17) is 0 Å². The lowest BCUT2D eigenvalue weighted by atomic mass is 10.1. The lowest BCUT2D eigenvalue weighted by Gasteiger charge is -2.12. The van der Waals surface area contributed by atoms with Gasteiger partial charge in [-0.25, -0.2) is 4.57 Å². The number of amides is 1. The van der Waals surface area contributed by atoms with Crippen LogP contribution < -0.4 is 26.9 Å². The zero-order valence-electron chi connectivity index (χ0n) is 13.9. The molecule has 0 unspecified atom stereocenters. The highest BCUT2D eigenvalue weighted by atomic mass is 79.9. The molecule has 0 aliphatic heterocycles. The van der Waals surface area contributed by atoms with Crippen molar-refractivity contribution in [3.05, 3.63) is 59.9 Å². The molecule has 0 radical (unpaired) electrons. The van der Waals surface area contributed by atoms with Crippen molar-refractivity contribution in [2.45, 2.75) is 46.1 Å². The zero-order chi connectivity index (χ0) is 15.8. The molecule has 1 amide bonds. The summed E-state index contributed by atoms with van der Waals surface area (Å²) in [4.78, 5) is 12.1. The number of rotatable bonds is 7. The third-order valence-electron chi connectivity index (χ3n) is 3.85. The molecule has 0 saturated heterocycles. The highest BCUT2D eigenvalue weighted by molar-refractivity contribution is 5.92. The van der Waals surface area contributed by atoms with Gasteiger partial charge in [-0.15, -0.1) is 0 Å². The van der Waals surface area contributed by atoms with Gasteiger partial charge in [-0.3, -0.25) is 4.79 Å². The topological polar surface area (TPSA) is 33.0 Å². The van der Waals surface area contributed by atoms with Gasteiger partial charge in [0.15, 0.2) is 12.4 Å². The van der Waals surface area contributed by atoms with Gasteiger partial charge in [0, 0.05) is 30.7 Å². The van der Waals surface area contributed by atoms with E-state index in [9.17, 15) is 4.79 Å². The van der Waals surface area contributed by atoms with E-state index >= 15 is 0 Å². The first-order chi connectivity index (χ1) is 10.7. The number of nitrogens with one attached hydrogen (secondary N) is 1. The zero-order valence-corrected chi connectivity index (χ0v) is 15.5. The molecular formula is C19H25BrN2O. The van der Waals surface area contributed by atoms with Crippen LogP contribution in [0.15, 0.2) is 48.8 Å². The summed E-state index contributed by atoms with van der Waals surface area (Å²) >= 11 is 0. The number of pyridine rings is 1. The third kappa shape index (κ3) is 6.14. The molecule has 0 fully saturated rings. The van der Waals surface area contributed by atoms with E-state index < -0.39 is 0 Å². The van der Waals surface area contributed by atoms with Crippen molar-refractivity contribution in [2.75, 3.05) is 5.32 Å². The molecule has 23 heavy (non-hydrogen) atoms. The van der Waals surface area contributed by atoms with Gasteiger partial charge in [0.1, 0.15) is 6.54 Å². The predicted molar refractivity (Wildman–Crippen MR) is 89.7 cm³/mol. The summed E-state index contributed by atoms with van der Waals surface area (Å²) in [6, 6.07) is 12.2. The Morgan fingerprint density at radius 2 is 1.83 bits per heavy atom. The molecule has 0 bridgehead atoms. The molecule has 3 nitrogen and oxygen atoms in total. The first kappa shape index (κ1) is 19.4. The average Bonchev–Trinajstić information content (AvgIpc) is 2.54. The van der Waals surface area contributed by atoms with E-state index in [1.807, 2.05) is 37.3 Å². The Morgan fingerprint density at radius 3 is 2.52 bits per heavy atom. The van der Waals surface area contributed by atoms with Gasteiger partial charge in [0.2, 0.25) is 5.91 Å². The molecule has 1 aromatic heterocycles. The lowest BCUT2D eigenvalue weighted by molar-refractivity contribution is -0.697. The second kappa shape index (κ2) is 10.2. The number of halogens is 1. The number of hydrogen-bond donors (Lipinski definition) is 1. The molecule has 0 spiro atoms. The molecule has 1 aromatic carbocycles. The number of anilines is 1. The molecular weight excluding hydrogens is 352 g/mol. The Balaban J connectivity index is 0.00000264. The minimum absolute atomic E-state index is 0. The number of nitrogens with zero attached hydrogens (tertiary/aromatic N) is 1. The highest BCUT2D eigenvalue weighted by Crippen LogP contribution is 2.21. The molecule has 0 saturated carbocycles. The van der Waals surface area contributed by atoms with Gasteiger partial charge in [0.25, 0.3) is 0 Å². The fourth-order valence-corrected chi connectivity index (χ4v) is 2.57. The van der Waals surface area contributed by atoms with E-state index in [-0.39, 0.29) is 22.9 Å². The van der Waals surface area contributed by atoms with Crippen LogP contribution in [0.25, 0.3) is 0 Å². The molecule has 1 heterocycles. The van der Waals surface area contributed by atoms with Gasteiger partial charge < -0.3 is 22.3 Å². The molecule has 0 aliphatic carbocycles. The average molecular weight is 377 g/mol. The molecule has 4 heteroatoms. The minimum Gasteiger partial charge on any atom is -1.00 e. The maximum atomic E-state index is 12.1. The monoisotopic (exact) mass is 376 g/mol. The van der Waals surface area contributed by atoms with E-state index in [0.717, 1.165) is 37.1 Å². The number of carbonyl (C=O) groups is 1. The molecule has 124 valence electrons. The van der Waals surface area contributed by atoms with Crippen LogP contribution >= 0.6 is 0 Å². The number of aromatic nitrogens is 1. The predicted octanol–water partition coefficient (Wildman–Crippen LogP) is 0.658. The first-order valence-electron chi connectivity index (χ1n) is 8.03. The number of aryl methyl sites for hydroxylation is 3. The number of benzene rings is 1. The SMILES string of the molecule is CCc1cccc(C)c1NC(=O)CCCC[n+]1ccccc1.[Br-]. The van der Waals surface area contributed by atoms with Gasteiger partial charge >= 0.3 is 0 Å². The Kier molecular flexibility index (Phi) is 8.56. The summed E-state index contributed by atoms with van der Waals surface area (Å²) in [7, 11) is 0. The van der Waals surface area contributed by atoms with Crippen molar-refractivity contribution in [1.29, 1.82) is 0 Å². The lowest BCUT2D eigenvalue weighted by Crippen LogP contribution is -3.00. The second-order valence-corrected chi connectivity index (χ2v) is 5.58. The van der Waals surface area contributed by atoms with Gasteiger partial charge in [0.05, 0.1) is 0 Å². The Labute approximate surface area is 149 Å². The normalized spacial score (nSPS) is 10.0. The van der Waals surface area contributed by atoms with Crippen LogP contribution in [0.5, 0.6) is 0 Å². The molecule has 1 N–H and O–H groups in total. The largest absolute Gasteiger partial charge is 1.00 e. The highest BCUT2D eigenvalue weighted by Gasteiger charge is 2.08. The fourth-order valence-electron chi connectivity index (χ4n) is 2.57. The quantitative estimate of drug-likeness (QED) is 0.558. The number of hydrogen-bond acceptors (Lipinski definition) is 1. The van der Waals surface area contributed by atoms with E-state index in [1.165, 1.54) is 5.56 Å². The summed E-state index contributed by atoms with van der Waals surface area (Å²) in [6.07, 6.45) is 7.53. The fraction of sp³-hybridized carbons (Fsp3) is 0.368. The van der Waals surface area contributed by atoms with Crippen molar-refractivity contribution < 1.29 is 26.3 Å². The van der Waals surface area contributed by atoms with Crippen LogP contribution in [0.1, 0.15) is 37.3 Å². The molecule has 0 aliphatic rings. The summed E-state index contributed by atoms with van der Waals surface area (Å²) < 4.78 is 2.15. The summed E-state index contributed by atoms with van der Waals surface area (Å²) in [6.45, 7) is 5.11. The summed E-state index contributed by atoms with van der Waals surface area (Å²) in [5, 5.41) is 3.08. The van der Waals surface area contributed by atoms with Gasteiger partial charge in [-0.2, -0.15) is 0 Å². The van der Waals surface area contributed by atoms with Crippen molar-refractivity contribution in [3.8, 4) is 0 Å². The van der Waals surface area contributed by atoms with Crippen molar-refractivity contribution in [2.24, 2.45) is 0 Å². The number of para-hydroxylation sites is 1. The molecule has 2 rings (SSSR count). The first-order valence-corrected chi connectivity index (χ1v) is 8.03. The Morgan fingerprint density at radius 1 is 1.09 bits per heavy atom. The van der Waals surface area contributed by atoms with Crippen LogP contribution in [0, 0.1) is 6.92 Å². The maximum absolute atomic E-state index is 12.1. The van der Waals surface area contributed by atoms with Crippen molar-refractivity contribution in [1.82, 2.24) is 0 Å². The van der Waals surface area contributed by atoms with Crippen LogP contribution in [-0.2, 0) is 17.8 Å². The Hall–Kier alpha value is -1.68. The standard InChI is InChI=1S/C19H24N2O.BrH/c1-3-17-11-9-10-16(2)19(17)20-18(22)12-5-8-15-21-13-6-4-7-14-21;/h4,6-7,9-11,13-14H,3,5,8,12,15H2,1-2H3;1H. The number of carbonyl (C=O) groups excluding carboxylic acids is 1. The maximum Gasteiger partial charge on any atom is 0.224 e. The number of unbranched alkanes of at least 4 members (excludes halogenated alkanes) is 1. The van der Waals surface area contributed by atoms with E-state index in [0.29, 0.717) is 6.42 Å². The van der Waals surface area contributed by atoms with Crippen LogP contribution in [-0.4, -0.2) is 5.91 Å². The summed E-state index contributed by atoms with van der Waals surface area (Å²) in [5.74, 6) is 0.113. The molecule has 0 atom stereocenters. The third-order valence-corrected chi connectivity index (χ3v) is 3.85. The van der Waals surface area contributed by atoms with Crippen molar-refractivity contribution in [3.63, 3.8) is 0 Å². The van der Waals surface area contributed by atoms with Gasteiger partial charge in [-0.05, 0) is 30.9 Å². The van der Waals surface area contributed by atoms with Crippen molar-refractivity contribution >= 4 is 11.6 Å². The minimum atomic E-state index is 0. The van der Waals surface area contributed by atoms with E-state index in [1.54, 1.807) is 0 Å². The van der Waals surface area contributed by atoms with Crippen LogP contribution in [0.3, 0.4) is 0 Å². The van der Waals surface area contributed by atoms with Crippen LogP contribution in [0.2, 0.25) is 0 Å².